The summed E-state index contributed by atoms with van der Waals surface area (Å²) < 4.78 is 4.93. The summed E-state index contributed by atoms with van der Waals surface area (Å²) in [5.74, 6) is 0.101. The quantitative estimate of drug-likeness (QED) is 0.0923. The molecule has 20 heteroatoms. The van der Waals surface area contributed by atoms with Gasteiger partial charge in [-0.1, -0.05) is 49.3 Å². The molecule has 3 amide bonds. The first-order chi connectivity index (χ1) is 32.4. The molecule has 0 radical (unpaired) electrons. The molecule has 0 unspecified atom stereocenters. The number of nitrogens with two attached hydrogens (primary N) is 1. The molecule has 0 aromatic rings. The molecule has 2 heterocycles. The number of piperazine rings is 1. The zero-order valence-corrected chi connectivity index (χ0v) is 49.9. The van der Waals surface area contributed by atoms with E-state index < -0.39 is 11.7 Å². The van der Waals surface area contributed by atoms with E-state index in [1.807, 2.05) is 96.9 Å². The molecule has 0 spiro atoms. The van der Waals surface area contributed by atoms with Gasteiger partial charge >= 0.3 is 6.09 Å². The van der Waals surface area contributed by atoms with E-state index in [0.29, 0.717) is 5.82 Å². The predicted octanol–water partition coefficient (Wildman–Crippen LogP) is 12.8. The highest BCUT2D eigenvalue weighted by Gasteiger charge is 2.15. The Morgan fingerprint density at radius 1 is 0.447 bits per heavy atom. The normalized spacial score (nSPS) is 10.8. The maximum absolute atomic E-state index is 10.9. The molecular formula is C56H126N16O4. The number of amides is 3. The van der Waals surface area contributed by atoms with Crippen LogP contribution in [0.5, 0.6) is 0 Å². The van der Waals surface area contributed by atoms with Crippen molar-refractivity contribution >= 4 is 63.6 Å². The van der Waals surface area contributed by atoms with Gasteiger partial charge in [-0.05, 0) is 172 Å². The Morgan fingerprint density at radius 2 is 0.711 bits per heavy atom. The van der Waals surface area contributed by atoms with Crippen LogP contribution in [0.15, 0.2) is 65.1 Å². The summed E-state index contributed by atoms with van der Waals surface area (Å²) in [5.41, 5.74) is 23.2. The number of aliphatic imine (C=N–C) groups is 2. The fourth-order valence-electron chi connectivity index (χ4n) is 3.46. The van der Waals surface area contributed by atoms with Crippen molar-refractivity contribution in [1.29, 1.82) is 0 Å². The van der Waals surface area contributed by atoms with Gasteiger partial charge in [-0.3, -0.25) is 35.0 Å². The maximum Gasteiger partial charge on any atom is 0.428 e. The second-order valence-corrected chi connectivity index (χ2v) is 18.7. The molecule has 0 atom stereocenters. The van der Waals surface area contributed by atoms with Gasteiger partial charge in [-0.25, -0.2) is 21.1 Å². The first kappa shape index (κ1) is 99.3. The lowest BCUT2D eigenvalue weighted by Crippen LogP contribution is -2.42. The highest BCUT2D eigenvalue weighted by atomic mass is 16.6. The molecule has 2 aliphatic rings. The number of hydrogen-bond acceptors (Lipinski definition) is 17. The van der Waals surface area contributed by atoms with Crippen LogP contribution in [0, 0.1) is 0 Å². The lowest BCUT2D eigenvalue weighted by Gasteiger charge is -2.30. The van der Waals surface area contributed by atoms with Crippen molar-refractivity contribution in [3.8, 4) is 0 Å². The van der Waals surface area contributed by atoms with Gasteiger partial charge in [0.25, 0.3) is 0 Å². The van der Waals surface area contributed by atoms with Gasteiger partial charge in [0.1, 0.15) is 11.4 Å². The average molecular weight is 1090 g/mol. The molecule has 0 aliphatic carbocycles. The fourth-order valence-corrected chi connectivity index (χ4v) is 3.46. The third-order valence-corrected chi connectivity index (χ3v) is 6.46. The molecule has 0 aromatic carbocycles. The summed E-state index contributed by atoms with van der Waals surface area (Å²) in [7, 11) is 5.73. The van der Waals surface area contributed by atoms with Crippen LogP contribution < -0.4 is 27.4 Å². The Labute approximate surface area is 470 Å². The number of hydrazone groups is 6. The van der Waals surface area contributed by atoms with Crippen molar-refractivity contribution in [2.24, 2.45) is 46.3 Å². The number of hydrogen-bond donors (Lipinski definition) is 5. The zero-order chi connectivity index (χ0) is 57.3. The largest absolute Gasteiger partial charge is 0.443 e. The number of rotatable bonds is 7. The lowest BCUT2D eigenvalue weighted by atomic mass is 10.2. The van der Waals surface area contributed by atoms with Gasteiger partial charge < -0.3 is 15.4 Å². The average Bonchev–Trinajstić information content (AvgIpc) is 3.22. The second-order valence-electron chi connectivity index (χ2n) is 18.7. The predicted molar refractivity (Wildman–Crippen MR) is 344 cm³/mol. The smallest absolute Gasteiger partial charge is 0.428 e. The number of nitrogens with one attached hydrogen (secondary N) is 4. The van der Waals surface area contributed by atoms with Crippen molar-refractivity contribution < 1.29 is 19.1 Å². The van der Waals surface area contributed by atoms with Crippen molar-refractivity contribution in [2.75, 3.05) is 60.4 Å². The molecule has 6 N–H and O–H groups in total. The minimum atomic E-state index is -0.524. The molecule has 2 saturated heterocycles. The number of carbonyl (C=O) groups is 3. The first-order valence-corrected chi connectivity index (χ1v) is 23.8. The maximum atomic E-state index is 10.9. The van der Waals surface area contributed by atoms with Crippen LogP contribution in [-0.4, -0.2) is 145 Å². The van der Waals surface area contributed by atoms with Crippen LogP contribution in [0.4, 0.5) is 4.79 Å². The molecule has 2 rings (SSSR count). The van der Waals surface area contributed by atoms with E-state index in [-0.39, 0.29) is 48.9 Å². The van der Waals surface area contributed by atoms with Gasteiger partial charge in [0.2, 0.25) is 11.8 Å². The Balaban J connectivity index is -0.0000000612. The summed E-state index contributed by atoms with van der Waals surface area (Å²) in [5, 5.41) is 27.9. The SMILES string of the molecule is C.C.C.C.C.C=C(C)C.C=C(N)NN=C(C)C.CC(=O)NN=C(C)C.CC(=O)NN=C(C)C.CC(C)=NN1CCCCC1.CC(C)=NN1CCN(C)CC1.CC(C)=NNC(=O)OC(C)(C)C.CN=C(C)C.CN=C(C)C. The van der Waals surface area contributed by atoms with Gasteiger partial charge in [-0.15, -0.1) is 6.58 Å². The molecule has 76 heavy (non-hydrogen) atoms. The van der Waals surface area contributed by atoms with Crippen LogP contribution in [0.3, 0.4) is 0 Å². The Morgan fingerprint density at radius 3 is 0.908 bits per heavy atom. The Bertz CT molecular complexity index is 1570. The third kappa shape index (κ3) is 127. The molecule has 0 bridgehead atoms. The number of ether oxygens (including phenoxy) is 1. The van der Waals surface area contributed by atoms with Crippen molar-refractivity contribution in [3.63, 3.8) is 0 Å². The summed E-state index contributed by atoms with van der Waals surface area (Å²) in [6.07, 6.45) is 3.49. The number of nitrogens with zero attached hydrogens (tertiary/aromatic N) is 11. The molecule has 0 aromatic heterocycles. The summed E-state index contributed by atoms with van der Waals surface area (Å²) in [4.78, 5) is 41.1. The van der Waals surface area contributed by atoms with Crippen LogP contribution in [0.25, 0.3) is 0 Å². The molecule has 2 fully saturated rings. The Hall–Kier alpha value is -5.79. The summed E-state index contributed by atoms with van der Waals surface area (Å²) in [6, 6.07) is 0. The Kier molecular flexibility index (Phi) is 85.3. The topological polar surface area (TPSA) is 243 Å². The van der Waals surface area contributed by atoms with E-state index in [0.717, 1.165) is 79.3 Å². The number of carbonyl (C=O) groups excluding carboxylic acids is 3. The van der Waals surface area contributed by atoms with Crippen LogP contribution in [0.2, 0.25) is 0 Å². The van der Waals surface area contributed by atoms with Crippen LogP contribution in [0.1, 0.15) is 216 Å². The summed E-state index contributed by atoms with van der Waals surface area (Å²) >= 11 is 0. The number of piperidine rings is 1. The van der Waals surface area contributed by atoms with Crippen molar-refractivity contribution in [1.82, 2.24) is 36.6 Å². The summed E-state index contributed by atoms with van der Waals surface area (Å²) in [6.45, 7) is 56.5. The van der Waals surface area contributed by atoms with E-state index in [1.54, 1.807) is 48.7 Å². The van der Waals surface area contributed by atoms with E-state index in [9.17, 15) is 14.4 Å². The van der Waals surface area contributed by atoms with Crippen LogP contribution in [-0.2, 0) is 14.3 Å². The second kappa shape index (κ2) is 65.3. The number of likely N-dealkylation sites (N-methyl/N-ethyl adjacent to an activating group) is 1. The van der Waals surface area contributed by atoms with Gasteiger partial charge in [0.05, 0.1) is 0 Å². The fraction of sp³-hybridized carbons (Fsp3) is 0.732. The lowest BCUT2D eigenvalue weighted by molar-refractivity contribution is -0.119. The standard InChI is InChI=1S/C8H17N3.C8H16N2O2.C8H16N2.C5H11N3.2C5H10N2O.2C4H9N.C4H8.5CH4/c1-8(2)9-11-6-4-10(3)5-7-11;1-6(2)9-10-7(11)12-8(3,4)5;1-8(2)9-10-6-4-3-5-7-10;1-4(2)7-8-5(3)6;2*1-4(2)6-7-5(3)8;2*1-4(2)5-3;1-4(2)3;;;;;/h4-7H2,1-3H3;1-5H3,(H,10,11);3-7H2,1-2H3;8H,3,6H2,1-2H3;2*1-3H3,(H,7,8);2*1-3H3;1H2,2-3H3;5*1H4. The third-order valence-electron chi connectivity index (χ3n) is 6.46. The van der Waals surface area contributed by atoms with Crippen molar-refractivity contribution in [2.45, 2.75) is 221 Å². The molecule has 0 saturated carbocycles. The molecule has 2 aliphatic heterocycles. The van der Waals surface area contributed by atoms with Gasteiger partial charge in [0, 0.05) is 113 Å². The highest BCUT2D eigenvalue weighted by molar-refractivity contribution is 5.83. The zero-order valence-electron chi connectivity index (χ0n) is 49.9. The van der Waals surface area contributed by atoms with E-state index in [4.69, 9.17) is 10.5 Å². The van der Waals surface area contributed by atoms with E-state index >= 15 is 0 Å². The van der Waals surface area contributed by atoms with Gasteiger partial charge in [-0.2, -0.15) is 30.6 Å². The first-order valence-electron chi connectivity index (χ1n) is 23.8. The number of allylic oxidation sites excluding steroid dienone is 1. The van der Waals surface area contributed by atoms with E-state index in [2.05, 4.69) is 111 Å². The van der Waals surface area contributed by atoms with Gasteiger partial charge in [0.15, 0.2) is 0 Å². The minimum Gasteiger partial charge on any atom is -0.443 e. The highest BCUT2D eigenvalue weighted by Crippen LogP contribution is 2.08. The van der Waals surface area contributed by atoms with Crippen molar-refractivity contribution in [3.05, 3.63) is 24.6 Å². The van der Waals surface area contributed by atoms with Crippen LogP contribution >= 0.6 is 0 Å². The monoisotopic (exact) mass is 1090 g/mol. The molecular weight excluding hydrogens is 961 g/mol. The molecule has 454 valence electrons. The molecule has 20 nitrogen and oxygen atoms in total. The minimum absolute atomic E-state index is 0. The van der Waals surface area contributed by atoms with E-state index in [1.165, 1.54) is 44.4 Å².